The van der Waals surface area contributed by atoms with E-state index in [9.17, 15) is 14.7 Å². The maximum atomic E-state index is 12.5. The molecule has 2 saturated heterocycles. The Labute approximate surface area is 124 Å². The number of carbonyl (C=O) groups excluding carboxylic acids is 1. The van der Waals surface area contributed by atoms with Crippen LogP contribution in [-0.2, 0) is 9.53 Å². The minimum absolute atomic E-state index is 0.0860. The number of ether oxygens (including phenoxy) is 1. The molecule has 1 N–H and O–H groups in total. The third-order valence-corrected chi connectivity index (χ3v) is 4.52. The molecule has 1 atom stereocenters. The van der Waals surface area contributed by atoms with Crippen molar-refractivity contribution in [2.75, 3.05) is 52.5 Å². The van der Waals surface area contributed by atoms with E-state index in [1.54, 1.807) is 4.90 Å². The first-order chi connectivity index (χ1) is 10.1. The van der Waals surface area contributed by atoms with Gasteiger partial charge in [-0.2, -0.15) is 0 Å². The van der Waals surface area contributed by atoms with Gasteiger partial charge in [0.05, 0.1) is 13.2 Å². The fraction of sp³-hybridized carbons (Fsp3) is 0.857. The second-order valence-corrected chi connectivity index (χ2v) is 6.14. The van der Waals surface area contributed by atoms with Gasteiger partial charge in [-0.15, -0.1) is 0 Å². The first-order valence-corrected chi connectivity index (χ1v) is 7.73. The maximum absolute atomic E-state index is 12.5. The zero-order chi connectivity index (χ0) is 14.8. The van der Waals surface area contributed by atoms with Crippen molar-refractivity contribution in [2.24, 2.45) is 5.92 Å². The van der Waals surface area contributed by atoms with Gasteiger partial charge >= 0.3 is 12.0 Å². The molecule has 2 amide bonds. The second-order valence-electron chi connectivity index (χ2n) is 6.14. The molecule has 2 heterocycles. The van der Waals surface area contributed by atoms with Crippen molar-refractivity contribution in [1.82, 2.24) is 14.7 Å². The van der Waals surface area contributed by atoms with Crippen LogP contribution in [0.1, 0.15) is 12.8 Å². The third kappa shape index (κ3) is 3.47. The van der Waals surface area contributed by atoms with Gasteiger partial charge in [0.2, 0.25) is 0 Å². The fourth-order valence-corrected chi connectivity index (χ4v) is 3.01. The molecule has 2 aliphatic heterocycles. The molecule has 1 aliphatic carbocycles. The predicted molar refractivity (Wildman–Crippen MR) is 75.1 cm³/mol. The Balaban J connectivity index is 1.53. The summed E-state index contributed by atoms with van der Waals surface area (Å²) in [4.78, 5) is 29.4. The molecule has 1 saturated carbocycles. The van der Waals surface area contributed by atoms with Crippen molar-refractivity contribution in [3.63, 3.8) is 0 Å². The molecule has 3 aliphatic rings. The van der Waals surface area contributed by atoms with Crippen LogP contribution in [0.4, 0.5) is 4.79 Å². The number of urea groups is 1. The van der Waals surface area contributed by atoms with Crippen LogP contribution < -0.4 is 0 Å². The van der Waals surface area contributed by atoms with Gasteiger partial charge < -0.3 is 19.6 Å². The van der Waals surface area contributed by atoms with Crippen molar-refractivity contribution in [1.29, 1.82) is 0 Å². The summed E-state index contributed by atoms with van der Waals surface area (Å²) < 4.78 is 5.18. The summed E-state index contributed by atoms with van der Waals surface area (Å²) >= 11 is 0. The highest BCUT2D eigenvalue weighted by Gasteiger charge is 2.36. The van der Waals surface area contributed by atoms with Crippen LogP contribution in [0.2, 0.25) is 0 Å². The van der Waals surface area contributed by atoms with Crippen LogP contribution in [-0.4, -0.2) is 90.3 Å². The molecule has 0 radical (unpaired) electrons. The average molecular weight is 297 g/mol. The number of carboxylic acid groups (broad SMARTS) is 1. The highest BCUT2D eigenvalue weighted by Crippen LogP contribution is 2.30. The van der Waals surface area contributed by atoms with Gasteiger partial charge in [-0.05, 0) is 18.8 Å². The van der Waals surface area contributed by atoms with Crippen molar-refractivity contribution in [3.05, 3.63) is 0 Å². The number of amides is 2. The van der Waals surface area contributed by atoms with E-state index in [0.717, 1.165) is 25.6 Å². The summed E-state index contributed by atoms with van der Waals surface area (Å²) in [5, 5.41) is 9.20. The lowest BCUT2D eigenvalue weighted by atomic mass is 10.2. The summed E-state index contributed by atoms with van der Waals surface area (Å²) in [5.74, 6) is -0.127. The van der Waals surface area contributed by atoms with E-state index < -0.39 is 12.0 Å². The van der Waals surface area contributed by atoms with Crippen molar-refractivity contribution >= 4 is 12.0 Å². The molecule has 3 fully saturated rings. The second kappa shape index (κ2) is 6.19. The van der Waals surface area contributed by atoms with Gasteiger partial charge in [-0.1, -0.05) is 0 Å². The number of morpholine rings is 1. The van der Waals surface area contributed by atoms with Crippen LogP contribution in [0.25, 0.3) is 0 Å². The van der Waals surface area contributed by atoms with E-state index in [4.69, 9.17) is 4.74 Å². The van der Waals surface area contributed by atoms with E-state index in [-0.39, 0.29) is 12.6 Å². The topological polar surface area (TPSA) is 73.3 Å². The SMILES string of the molecule is O=C(O)C1COCCN1C(=O)N1CCN(CC2CC2)CC1. The first kappa shape index (κ1) is 14.6. The Morgan fingerprint density at radius 2 is 1.81 bits per heavy atom. The minimum Gasteiger partial charge on any atom is -0.480 e. The van der Waals surface area contributed by atoms with Gasteiger partial charge in [0.15, 0.2) is 6.04 Å². The molecule has 0 aromatic heterocycles. The van der Waals surface area contributed by atoms with Crippen molar-refractivity contribution in [2.45, 2.75) is 18.9 Å². The molecule has 3 rings (SSSR count). The van der Waals surface area contributed by atoms with Crippen LogP contribution in [0.15, 0.2) is 0 Å². The van der Waals surface area contributed by atoms with Gasteiger partial charge in [-0.3, -0.25) is 4.90 Å². The summed E-state index contributed by atoms with van der Waals surface area (Å²) in [5.41, 5.74) is 0. The Hall–Kier alpha value is -1.34. The van der Waals surface area contributed by atoms with Crippen LogP contribution in [0.3, 0.4) is 0 Å². The fourth-order valence-electron chi connectivity index (χ4n) is 3.01. The van der Waals surface area contributed by atoms with Crippen LogP contribution in [0, 0.1) is 5.92 Å². The molecular formula is C14H23N3O4. The summed E-state index contributed by atoms with van der Waals surface area (Å²) in [6.07, 6.45) is 2.68. The smallest absolute Gasteiger partial charge is 0.328 e. The molecule has 0 aromatic carbocycles. The van der Waals surface area contributed by atoms with E-state index in [2.05, 4.69) is 4.90 Å². The lowest BCUT2D eigenvalue weighted by Gasteiger charge is -2.40. The molecule has 7 heteroatoms. The van der Waals surface area contributed by atoms with Gasteiger partial charge in [0, 0.05) is 39.3 Å². The Kier molecular flexibility index (Phi) is 4.30. The lowest BCUT2D eigenvalue weighted by molar-refractivity contribution is -0.147. The highest BCUT2D eigenvalue weighted by atomic mass is 16.5. The van der Waals surface area contributed by atoms with E-state index in [1.165, 1.54) is 17.7 Å². The maximum Gasteiger partial charge on any atom is 0.328 e. The summed E-state index contributed by atoms with van der Waals surface area (Å²) in [7, 11) is 0. The van der Waals surface area contributed by atoms with E-state index in [1.807, 2.05) is 0 Å². The third-order valence-electron chi connectivity index (χ3n) is 4.52. The summed E-state index contributed by atoms with van der Waals surface area (Å²) in [6.45, 7) is 5.18. The Morgan fingerprint density at radius 3 is 2.43 bits per heavy atom. The van der Waals surface area contributed by atoms with Gasteiger partial charge in [0.25, 0.3) is 0 Å². The largest absolute Gasteiger partial charge is 0.480 e. The molecule has 0 bridgehead atoms. The number of rotatable bonds is 3. The first-order valence-electron chi connectivity index (χ1n) is 7.73. The number of hydrogen-bond acceptors (Lipinski definition) is 4. The zero-order valence-electron chi connectivity index (χ0n) is 12.2. The number of nitrogens with zero attached hydrogens (tertiary/aromatic N) is 3. The molecular weight excluding hydrogens is 274 g/mol. The van der Waals surface area contributed by atoms with Crippen LogP contribution in [0.5, 0.6) is 0 Å². The highest BCUT2D eigenvalue weighted by molar-refractivity contribution is 5.83. The van der Waals surface area contributed by atoms with Gasteiger partial charge in [-0.25, -0.2) is 9.59 Å². The number of aliphatic carboxylic acids is 1. The Bertz CT molecular complexity index is 405. The summed E-state index contributed by atoms with van der Waals surface area (Å²) in [6, 6.07) is -1.01. The number of hydrogen-bond donors (Lipinski definition) is 1. The molecule has 0 spiro atoms. The number of carboxylic acids is 1. The normalized spacial score (nSPS) is 27.7. The van der Waals surface area contributed by atoms with Crippen LogP contribution >= 0.6 is 0 Å². The molecule has 1 unspecified atom stereocenters. The minimum atomic E-state index is -0.990. The quantitative estimate of drug-likeness (QED) is 0.789. The predicted octanol–water partition coefficient (Wildman–Crippen LogP) is -0.0806. The molecule has 0 aromatic rings. The monoisotopic (exact) mass is 297 g/mol. The Morgan fingerprint density at radius 1 is 1.10 bits per heavy atom. The van der Waals surface area contributed by atoms with E-state index >= 15 is 0 Å². The number of carbonyl (C=O) groups is 2. The molecule has 118 valence electrons. The van der Waals surface area contributed by atoms with Crippen molar-refractivity contribution < 1.29 is 19.4 Å². The van der Waals surface area contributed by atoms with Gasteiger partial charge in [0.1, 0.15) is 0 Å². The molecule has 7 nitrogen and oxygen atoms in total. The van der Waals surface area contributed by atoms with E-state index in [0.29, 0.717) is 26.2 Å². The average Bonchev–Trinajstić information content (AvgIpc) is 3.31. The standard InChI is InChI=1S/C14H23N3O4/c18-13(19)12-10-21-8-7-17(12)14(20)16-5-3-15(4-6-16)9-11-1-2-11/h11-12H,1-10H2,(H,18,19). The zero-order valence-corrected chi connectivity index (χ0v) is 12.2. The van der Waals surface area contributed by atoms with Crippen molar-refractivity contribution in [3.8, 4) is 0 Å². The number of piperazine rings is 1. The lowest BCUT2D eigenvalue weighted by Crippen LogP contribution is -2.59. The molecule has 21 heavy (non-hydrogen) atoms.